The van der Waals surface area contributed by atoms with Gasteiger partial charge in [-0.25, -0.2) is 9.78 Å². The van der Waals surface area contributed by atoms with Crippen molar-refractivity contribution in [3.8, 4) is 11.5 Å². The molecular formula is C14H7BrINO3. The highest BCUT2D eigenvalue weighted by molar-refractivity contribution is 14.1. The van der Waals surface area contributed by atoms with Gasteiger partial charge < -0.3 is 9.52 Å². The summed E-state index contributed by atoms with van der Waals surface area (Å²) in [5.41, 5.74) is 2.17. The summed E-state index contributed by atoms with van der Waals surface area (Å²) in [6.07, 6.45) is 0. The molecule has 0 fully saturated rings. The van der Waals surface area contributed by atoms with E-state index in [0.29, 0.717) is 17.0 Å². The number of aromatic carboxylic acids is 1. The van der Waals surface area contributed by atoms with Crippen molar-refractivity contribution in [2.24, 2.45) is 0 Å². The molecule has 0 atom stereocenters. The second kappa shape index (κ2) is 5.17. The summed E-state index contributed by atoms with van der Waals surface area (Å²) in [5, 5.41) is 8.98. The van der Waals surface area contributed by atoms with Crippen molar-refractivity contribution in [2.45, 2.75) is 0 Å². The van der Waals surface area contributed by atoms with Crippen LogP contribution >= 0.6 is 38.5 Å². The van der Waals surface area contributed by atoms with Crippen LogP contribution in [0.1, 0.15) is 10.4 Å². The SMILES string of the molecule is O=C(O)c1ccc2oc(-c3cc(Br)ccc3I)nc2c1. The van der Waals surface area contributed by atoms with Crippen molar-refractivity contribution in [1.29, 1.82) is 0 Å². The van der Waals surface area contributed by atoms with Crippen molar-refractivity contribution in [1.82, 2.24) is 4.98 Å². The molecule has 100 valence electrons. The zero-order chi connectivity index (χ0) is 14.3. The van der Waals surface area contributed by atoms with E-state index in [-0.39, 0.29) is 5.56 Å². The Morgan fingerprint density at radius 2 is 2.05 bits per heavy atom. The predicted molar refractivity (Wildman–Crippen MR) is 86.8 cm³/mol. The molecule has 0 aliphatic carbocycles. The van der Waals surface area contributed by atoms with Gasteiger partial charge in [0.2, 0.25) is 5.89 Å². The first-order valence-electron chi connectivity index (χ1n) is 5.64. The van der Waals surface area contributed by atoms with Gasteiger partial charge in [-0.3, -0.25) is 0 Å². The number of carbonyl (C=O) groups is 1. The third kappa shape index (κ3) is 2.45. The van der Waals surface area contributed by atoms with Crippen LogP contribution in [0.4, 0.5) is 0 Å². The Bertz CT molecular complexity index is 828. The molecule has 1 N–H and O–H groups in total. The average molecular weight is 444 g/mol. The van der Waals surface area contributed by atoms with Gasteiger partial charge in [0, 0.05) is 8.04 Å². The Hall–Kier alpha value is -1.41. The minimum Gasteiger partial charge on any atom is -0.478 e. The number of fused-ring (bicyclic) bond motifs is 1. The number of halogens is 2. The van der Waals surface area contributed by atoms with Gasteiger partial charge in [0.05, 0.1) is 11.1 Å². The number of hydrogen-bond acceptors (Lipinski definition) is 3. The topological polar surface area (TPSA) is 63.3 Å². The van der Waals surface area contributed by atoms with Crippen LogP contribution in [0.3, 0.4) is 0 Å². The van der Waals surface area contributed by atoms with Crippen LogP contribution in [-0.4, -0.2) is 16.1 Å². The van der Waals surface area contributed by atoms with Crippen LogP contribution in [0.5, 0.6) is 0 Å². The molecule has 1 aromatic heterocycles. The molecule has 4 nitrogen and oxygen atoms in total. The number of oxazole rings is 1. The lowest BCUT2D eigenvalue weighted by Gasteiger charge is -1.99. The van der Waals surface area contributed by atoms with Crippen LogP contribution in [0.2, 0.25) is 0 Å². The van der Waals surface area contributed by atoms with E-state index in [0.717, 1.165) is 13.6 Å². The van der Waals surface area contributed by atoms with E-state index in [2.05, 4.69) is 43.5 Å². The molecule has 0 aliphatic heterocycles. The van der Waals surface area contributed by atoms with E-state index in [9.17, 15) is 4.79 Å². The first-order chi connectivity index (χ1) is 9.54. The summed E-state index contributed by atoms with van der Waals surface area (Å²) in [6, 6.07) is 10.5. The molecule has 3 rings (SSSR count). The van der Waals surface area contributed by atoms with E-state index < -0.39 is 5.97 Å². The van der Waals surface area contributed by atoms with Crippen LogP contribution in [0.25, 0.3) is 22.6 Å². The fourth-order valence-electron chi connectivity index (χ4n) is 1.84. The Balaban J connectivity index is 2.17. The van der Waals surface area contributed by atoms with Crippen molar-refractivity contribution in [3.63, 3.8) is 0 Å². The van der Waals surface area contributed by atoms with E-state index in [1.165, 1.54) is 12.1 Å². The van der Waals surface area contributed by atoms with Gasteiger partial charge in [0.25, 0.3) is 0 Å². The number of carboxylic acid groups (broad SMARTS) is 1. The van der Waals surface area contributed by atoms with Crippen LogP contribution in [-0.2, 0) is 0 Å². The number of hydrogen-bond donors (Lipinski definition) is 1. The largest absolute Gasteiger partial charge is 0.478 e. The van der Waals surface area contributed by atoms with Gasteiger partial charge in [0.15, 0.2) is 5.58 Å². The molecule has 20 heavy (non-hydrogen) atoms. The molecule has 0 bridgehead atoms. The lowest BCUT2D eigenvalue weighted by atomic mass is 10.2. The molecule has 0 saturated carbocycles. The number of aromatic nitrogens is 1. The smallest absolute Gasteiger partial charge is 0.335 e. The second-order valence-corrected chi connectivity index (χ2v) is 6.21. The predicted octanol–water partition coefficient (Wildman–Crippen LogP) is 4.56. The highest BCUT2D eigenvalue weighted by atomic mass is 127. The molecule has 2 aromatic carbocycles. The first kappa shape index (κ1) is 13.6. The molecule has 0 amide bonds. The Labute approximate surface area is 136 Å². The molecule has 0 spiro atoms. The monoisotopic (exact) mass is 443 g/mol. The second-order valence-electron chi connectivity index (χ2n) is 4.13. The minimum atomic E-state index is -0.978. The lowest BCUT2D eigenvalue weighted by Crippen LogP contribution is -1.94. The maximum Gasteiger partial charge on any atom is 0.335 e. The van der Waals surface area contributed by atoms with E-state index in [1.807, 2.05) is 18.2 Å². The van der Waals surface area contributed by atoms with Gasteiger partial charge in [0.1, 0.15) is 5.52 Å². The normalized spacial score (nSPS) is 10.9. The Morgan fingerprint density at radius 1 is 1.25 bits per heavy atom. The molecule has 3 aromatic rings. The number of rotatable bonds is 2. The molecule has 1 heterocycles. The van der Waals surface area contributed by atoms with Crippen molar-refractivity contribution < 1.29 is 14.3 Å². The van der Waals surface area contributed by atoms with Gasteiger partial charge in [-0.1, -0.05) is 15.9 Å². The first-order valence-corrected chi connectivity index (χ1v) is 7.51. The number of nitrogens with zero attached hydrogens (tertiary/aromatic N) is 1. The van der Waals surface area contributed by atoms with Crippen molar-refractivity contribution in [3.05, 3.63) is 50.0 Å². The quantitative estimate of drug-likeness (QED) is 0.589. The summed E-state index contributed by atoms with van der Waals surface area (Å²) < 4.78 is 7.64. The van der Waals surface area contributed by atoms with Gasteiger partial charge in [-0.05, 0) is 59.0 Å². The zero-order valence-electron chi connectivity index (χ0n) is 9.93. The molecule has 0 saturated heterocycles. The van der Waals surface area contributed by atoms with E-state index >= 15 is 0 Å². The summed E-state index contributed by atoms with van der Waals surface area (Å²) in [4.78, 5) is 15.3. The molecule has 6 heteroatoms. The van der Waals surface area contributed by atoms with Crippen LogP contribution in [0, 0.1) is 3.57 Å². The van der Waals surface area contributed by atoms with Crippen molar-refractivity contribution >= 4 is 55.6 Å². The summed E-state index contributed by atoms with van der Waals surface area (Å²) in [7, 11) is 0. The summed E-state index contributed by atoms with van der Waals surface area (Å²) >= 11 is 5.63. The fraction of sp³-hybridized carbons (Fsp3) is 0. The highest BCUT2D eigenvalue weighted by Gasteiger charge is 2.13. The summed E-state index contributed by atoms with van der Waals surface area (Å²) in [5.74, 6) is -0.498. The Kier molecular flexibility index (Phi) is 3.51. The third-order valence-corrected chi connectivity index (χ3v) is 4.23. The molecule has 0 aliphatic rings. The zero-order valence-corrected chi connectivity index (χ0v) is 13.7. The van der Waals surface area contributed by atoms with Crippen LogP contribution < -0.4 is 0 Å². The van der Waals surface area contributed by atoms with Gasteiger partial charge in [-0.15, -0.1) is 0 Å². The van der Waals surface area contributed by atoms with Crippen molar-refractivity contribution in [2.75, 3.05) is 0 Å². The summed E-state index contributed by atoms with van der Waals surface area (Å²) in [6.45, 7) is 0. The maximum absolute atomic E-state index is 11.0. The van der Waals surface area contributed by atoms with Gasteiger partial charge in [-0.2, -0.15) is 0 Å². The van der Waals surface area contributed by atoms with E-state index in [1.54, 1.807) is 6.07 Å². The third-order valence-electron chi connectivity index (χ3n) is 2.79. The molecule has 0 unspecified atom stereocenters. The average Bonchev–Trinajstić information content (AvgIpc) is 2.83. The molecule has 0 radical (unpaired) electrons. The maximum atomic E-state index is 11.0. The standard InChI is InChI=1S/C14H7BrINO3/c15-8-2-3-10(16)9(6-8)13-17-11-5-7(14(18)19)1-4-12(11)20-13/h1-6H,(H,18,19). The Morgan fingerprint density at radius 3 is 2.80 bits per heavy atom. The molecular weight excluding hydrogens is 437 g/mol. The lowest BCUT2D eigenvalue weighted by molar-refractivity contribution is 0.0697. The number of carboxylic acids is 1. The highest BCUT2D eigenvalue weighted by Crippen LogP contribution is 2.30. The van der Waals surface area contributed by atoms with Crippen LogP contribution in [0.15, 0.2) is 45.3 Å². The fourth-order valence-corrected chi connectivity index (χ4v) is 2.76. The number of benzene rings is 2. The van der Waals surface area contributed by atoms with Gasteiger partial charge >= 0.3 is 5.97 Å². The van der Waals surface area contributed by atoms with E-state index in [4.69, 9.17) is 9.52 Å². The minimum absolute atomic E-state index is 0.196.